The molecule has 2 aromatic carbocycles. The molecule has 4 heterocycles. The summed E-state index contributed by atoms with van der Waals surface area (Å²) >= 11 is 0. The second-order valence-electron chi connectivity index (χ2n) is 13.3. The van der Waals surface area contributed by atoms with Gasteiger partial charge in [0.15, 0.2) is 5.60 Å². The second kappa shape index (κ2) is 13.7. The van der Waals surface area contributed by atoms with Gasteiger partial charge in [0.1, 0.15) is 13.2 Å². The molecule has 15 nitrogen and oxygen atoms in total. The number of carbonyl (C=O) groups excluding carboxylic acids is 4. The Morgan fingerprint density at radius 3 is 2.69 bits per heavy atom. The number of benzene rings is 2. The van der Waals surface area contributed by atoms with Crippen LogP contribution in [-0.2, 0) is 50.8 Å². The molecular formula is C37H39N7O8. The van der Waals surface area contributed by atoms with E-state index in [2.05, 4.69) is 16.0 Å². The normalized spacial score (nSPS) is 18.8. The maximum Gasteiger partial charge on any atom is 0.407 e. The number of pyridine rings is 2. The van der Waals surface area contributed by atoms with Crippen molar-refractivity contribution in [3.63, 3.8) is 0 Å². The molecule has 270 valence electrons. The summed E-state index contributed by atoms with van der Waals surface area (Å²) < 4.78 is 12.4. The largest absolute Gasteiger partial charge is 0.458 e. The van der Waals surface area contributed by atoms with Crippen LogP contribution in [0.3, 0.4) is 0 Å². The lowest BCUT2D eigenvalue weighted by atomic mass is 9.83. The zero-order chi connectivity index (χ0) is 36.7. The van der Waals surface area contributed by atoms with Crippen LogP contribution in [0, 0.1) is 0 Å². The Kier molecular flexibility index (Phi) is 9.15. The van der Waals surface area contributed by atoms with Crippen LogP contribution in [0.5, 0.6) is 0 Å². The molecule has 4 amide bonds. The number of carbonyl (C=O) groups is 4. The SMILES string of the molecule is CC[C@@]1(O)C(=O)OCc2c1cc1n(c2=O)Cc2c-1nc1cccc3c1c2[C@@H](NC(=O)OCc1ccc(NC(=O)[C@@H](N)CCCNC(N)=O)cc1)CC3. The number of nitrogens with zero attached hydrogens (tertiary/aromatic N) is 2. The highest BCUT2D eigenvalue weighted by Crippen LogP contribution is 2.45. The fourth-order valence-corrected chi connectivity index (χ4v) is 7.34. The van der Waals surface area contributed by atoms with Gasteiger partial charge in [0.2, 0.25) is 5.91 Å². The van der Waals surface area contributed by atoms with Crippen molar-refractivity contribution in [2.45, 2.75) is 76.5 Å². The van der Waals surface area contributed by atoms with Gasteiger partial charge in [-0.15, -0.1) is 0 Å². The Hall–Kier alpha value is -5.80. The van der Waals surface area contributed by atoms with E-state index in [1.165, 1.54) is 0 Å². The summed E-state index contributed by atoms with van der Waals surface area (Å²) in [4.78, 5) is 67.9. The van der Waals surface area contributed by atoms with E-state index < -0.39 is 35.8 Å². The van der Waals surface area contributed by atoms with Crippen molar-refractivity contribution in [2.24, 2.45) is 11.5 Å². The van der Waals surface area contributed by atoms with E-state index in [1.807, 2.05) is 18.2 Å². The number of aliphatic hydroxyl groups is 1. The smallest absolute Gasteiger partial charge is 0.407 e. The lowest BCUT2D eigenvalue weighted by molar-refractivity contribution is -0.172. The van der Waals surface area contributed by atoms with Gasteiger partial charge in [0.05, 0.1) is 41.1 Å². The third kappa shape index (κ3) is 6.22. The first-order chi connectivity index (χ1) is 25.0. The van der Waals surface area contributed by atoms with Crippen molar-refractivity contribution in [2.75, 3.05) is 11.9 Å². The number of esters is 1. The fraction of sp³-hybridized carbons (Fsp3) is 0.351. The molecule has 0 fully saturated rings. The van der Waals surface area contributed by atoms with E-state index in [4.69, 9.17) is 25.9 Å². The number of hydrogen-bond donors (Lipinski definition) is 6. The summed E-state index contributed by atoms with van der Waals surface area (Å²) in [5.41, 5.74) is 14.9. The van der Waals surface area contributed by atoms with Crippen LogP contribution in [-0.4, -0.2) is 51.2 Å². The molecule has 7 rings (SSSR count). The molecule has 0 bridgehead atoms. The number of hydrogen-bond acceptors (Lipinski definition) is 10. The Bertz CT molecular complexity index is 2180. The number of aryl methyl sites for hydroxylation is 1. The predicted octanol–water partition coefficient (Wildman–Crippen LogP) is 2.71. The minimum Gasteiger partial charge on any atom is -0.458 e. The summed E-state index contributed by atoms with van der Waals surface area (Å²) in [5.74, 6) is -1.15. The number of cyclic esters (lactones) is 1. The standard InChI is InChI=1S/C37H39N7O8/c1-2-37(50)24-15-28-31-22(16-44(28)33(46)23(24)18-51-34(37)47)30-27(13-10-20-5-3-7-26(42-31)29(20)30)43-36(49)52-17-19-8-11-21(12-9-19)41-32(45)25(38)6-4-14-40-35(39)48/h3,5,7-9,11-12,15,25,27,50H,2,4,6,10,13-14,16-18,38H2,1H3,(H,41,45)(H,43,49)(H3,39,40,48)/t25-,27-,37-/m0/s1. The fourth-order valence-electron chi connectivity index (χ4n) is 7.34. The third-order valence-electron chi connectivity index (χ3n) is 10.1. The van der Waals surface area contributed by atoms with Crippen LogP contribution in [0.4, 0.5) is 15.3 Å². The Balaban J connectivity index is 1.07. The minimum absolute atomic E-state index is 0.0207. The number of aromatic nitrogens is 2. The van der Waals surface area contributed by atoms with E-state index in [0.717, 1.165) is 22.1 Å². The molecule has 2 aliphatic heterocycles. The Morgan fingerprint density at radius 1 is 1.15 bits per heavy atom. The maximum atomic E-state index is 13.8. The highest BCUT2D eigenvalue weighted by molar-refractivity contribution is 5.95. The van der Waals surface area contributed by atoms with Crippen molar-refractivity contribution >= 4 is 40.6 Å². The van der Waals surface area contributed by atoms with E-state index in [0.29, 0.717) is 60.4 Å². The molecular weight excluding hydrogens is 670 g/mol. The Labute approximate surface area is 297 Å². The molecule has 52 heavy (non-hydrogen) atoms. The summed E-state index contributed by atoms with van der Waals surface area (Å²) in [6.07, 6.45) is 1.57. The van der Waals surface area contributed by atoms with Crippen LogP contribution >= 0.6 is 0 Å². The monoisotopic (exact) mass is 709 g/mol. The van der Waals surface area contributed by atoms with Crippen LogP contribution in [0.1, 0.15) is 72.0 Å². The number of rotatable bonds is 10. The van der Waals surface area contributed by atoms with Crippen LogP contribution < -0.4 is 33.0 Å². The zero-order valence-corrected chi connectivity index (χ0v) is 28.5. The van der Waals surface area contributed by atoms with Crippen molar-refractivity contribution in [3.8, 4) is 11.4 Å². The van der Waals surface area contributed by atoms with Crippen LogP contribution in [0.25, 0.3) is 22.3 Å². The third-order valence-corrected chi connectivity index (χ3v) is 10.1. The lowest BCUT2D eigenvalue weighted by Crippen LogP contribution is -2.44. The number of urea groups is 1. The quantitative estimate of drug-likeness (QED) is 0.0917. The Morgan fingerprint density at radius 2 is 1.94 bits per heavy atom. The van der Waals surface area contributed by atoms with Crippen molar-refractivity contribution in [3.05, 3.63) is 92.3 Å². The van der Waals surface area contributed by atoms with Gasteiger partial charge < -0.3 is 46.6 Å². The number of nitrogens with two attached hydrogens (primary N) is 2. The highest BCUT2D eigenvalue weighted by Gasteiger charge is 2.46. The summed E-state index contributed by atoms with van der Waals surface area (Å²) in [5, 5.41) is 20.4. The highest BCUT2D eigenvalue weighted by atomic mass is 16.6. The molecule has 3 atom stereocenters. The van der Waals surface area contributed by atoms with E-state index in [-0.39, 0.29) is 48.8 Å². The average Bonchev–Trinajstić information content (AvgIpc) is 3.51. The molecule has 0 unspecified atom stereocenters. The average molecular weight is 710 g/mol. The molecule has 2 aromatic heterocycles. The number of nitrogens with one attached hydrogen (secondary N) is 3. The minimum atomic E-state index is -1.94. The lowest BCUT2D eigenvalue weighted by Gasteiger charge is -2.31. The van der Waals surface area contributed by atoms with E-state index in [1.54, 1.807) is 41.8 Å². The summed E-state index contributed by atoms with van der Waals surface area (Å²) in [6, 6.07) is 12.5. The molecule has 4 aromatic rings. The van der Waals surface area contributed by atoms with E-state index >= 15 is 0 Å². The molecule has 0 saturated heterocycles. The van der Waals surface area contributed by atoms with Crippen LogP contribution in [0.15, 0.2) is 53.3 Å². The number of primary amides is 1. The molecule has 1 aliphatic carbocycles. The molecule has 0 radical (unpaired) electrons. The topological polar surface area (TPSA) is 230 Å². The molecule has 0 spiro atoms. The number of ether oxygens (including phenoxy) is 2. The van der Waals surface area contributed by atoms with E-state index in [9.17, 15) is 29.1 Å². The van der Waals surface area contributed by atoms with Gasteiger partial charge in [-0.3, -0.25) is 9.59 Å². The first kappa shape index (κ1) is 34.6. The van der Waals surface area contributed by atoms with Gasteiger partial charge in [-0.2, -0.15) is 0 Å². The molecule has 0 saturated carbocycles. The van der Waals surface area contributed by atoms with Crippen LogP contribution in [0.2, 0.25) is 0 Å². The van der Waals surface area contributed by atoms with Gasteiger partial charge in [-0.05, 0) is 73.1 Å². The van der Waals surface area contributed by atoms with Gasteiger partial charge in [-0.1, -0.05) is 31.2 Å². The second-order valence-corrected chi connectivity index (χ2v) is 13.3. The van der Waals surface area contributed by atoms with Gasteiger partial charge in [-0.25, -0.2) is 19.4 Å². The predicted molar refractivity (Wildman–Crippen MR) is 189 cm³/mol. The zero-order valence-electron chi connectivity index (χ0n) is 28.5. The number of fused-ring (bicyclic) bond motifs is 5. The van der Waals surface area contributed by atoms with Gasteiger partial charge in [0.25, 0.3) is 5.56 Å². The summed E-state index contributed by atoms with van der Waals surface area (Å²) in [7, 11) is 0. The number of amides is 4. The molecule has 3 aliphatic rings. The van der Waals surface area contributed by atoms with Crippen molar-refractivity contribution in [1.82, 2.24) is 20.2 Å². The van der Waals surface area contributed by atoms with Gasteiger partial charge >= 0.3 is 18.1 Å². The molecule has 15 heteroatoms. The first-order valence-corrected chi connectivity index (χ1v) is 17.2. The molecule has 8 N–H and O–H groups in total. The van der Waals surface area contributed by atoms with Crippen molar-refractivity contribution in [1.29, 1.82) is 0 Å². The van der Waals surface area contributed by atoms with Crippen molar-refractivity contribution < 1.29 is 33.8 Å². The number of alkyl carbamates (subject to hydrolysis) is 1. The maximum absolute atomic E-state index is 13.8. The van der Waals surface area contributed by atoms with Gasteiger partial charge in [0, 0.05) is 28.7 Å². The summed E-state index contributed by atoms with van der Waals surface area (Å²) in [6.45, 7) is 1.94. The number of anilines is 1. The first-order valence-electron chi connectivity index (χ1n) is 17.2.